The predicted octanol–water partition coefficient (Wildman–Crippen LogP) is 4.20. The summed E-state index contributed by atoms with van der Waals surface area (Å²) in [5, 5.41) is 21.6. The maximum absolute atomic E-state index is 13.6. The third kappa shape index (κ3) is 6.52. The lowest BCUT2D eigenvalue weighted by Gasteiger charge is -2.49. The zero-order chi connectivity index (χ0) is 34.5. The van der Waals surface area contributed by atoms with Crippen molar-refractivity contribution in [2.45, 2.75) is 23.9 Å². The van der Waals surface area contributed by atoms with Crippen LogP contribution in [0.15, 0.2) is 113 Å². The Morgan fingerprint density at radius 3 is 2.06 bits per heavy atom. The fraction of sp³-hybridized carbons (Fsp3) is 0.200. The Morgan fingerprint density at radius 2 is 1.55 bits per heavy atom. The molecule has 0 aliphatic carbocycles. The molecule has 2 atom stereocenters. The summed E-state index contributed by atoms with van der Waals surface area (Å²) in [6.07, 6.45) is 0. The van der Waals surface area contributed by atoms with Gasteiger partial charge in [0.25, 0.3) is 11.8 Å². The van der Waals surface area contributed by atoms with Crippen LogP contribution in [0.1, 0.15) is 29.3 Å². The number of rotatable bonds is 12. The van der Waals surface area contributed by atoms with Gasteiger partial charge in [0.15, 0.2) is 10.8 Å². The molecule has 2 aliphatic rings. The highest BCUT2D eigenvalue weighted by Gasteiger charge is 2.54. The number of β-lactam (4-membered cyclic amide) rings is 1. The van der Waals surface area contributed by atoms with E-state index in [2.05, 4.69) is 15.8 Å². The van der Waals surface area contributed by atoms with Crippen LogP contribution in [0, 0.1) is 0 Å². The molecule has 1 fully saturated rings. The van der Waals surface area contributed by atoms with Crippen molar-refractivity contribution < 1.29 is 33.9 Å². The number of thioether (sulfide) groups is 1. The van der Waals surface area contributed by atoms with Gasteiger partial charge in [0.1, 0.15) is 42.1 Å². The summed E-state index contributed by atoms with van der Waals surface area (Å²) in [7, 11) is 1.30. The van der Waals surface area contributed by atoms with E-state index < -0.39 is 40.7 Å². The van der Waals surface area contributed by atoms with Gasteiger partial charge in [-0.15, -0.1) is 23.1 Å². The second-order valence-corrected chi connectivity index (χ2v) is 13.0. The summed E-state index contributed by atoms with van der Waals surface area (Å²) < 4.78 is 4.99. The molecule has 1 unspecified atom stereocenters. The molecular weight excluding hydrogens is 667 g/mol. The minimum atomic E-state index is -1.33. The highest BCUT2D eigenvalue weighted by molar-refractivity contribution is 8.00. The summed E-state index contributed by atoms with van der Waals surface area (Å²) in [6, 6.07) is 28.9. The average Bonchev–Trinajstić information content (AvgIpc) is 3.59. The second-order valence-electron chi connectivity index (χ2n) is 11.0. The SMILES string of the molecule is CO/N=C(\C(=O)NC1C(=O)N2C(C(=O)O)=C(COC(C)=O)CS[C@H]12)c1csc(NC(c2ccccc2)(c2ccccc2)c2ccccc2)n1. The molecule has 0 saturated carbocycles. The molecular formula is C35H31N5O7S2. The highest BCUT2D eigenvalue weighted by atomic mass is 32.2. The Kier molecular flexibility index (Phi) is 9.78. The van der Waals surface area contributed by atoms with Gasteiger partial charge in [0.05, 0.1) is 0 Å². The maximum atomic E-state index is 13.6. The summed E-state index contributed by atoms with van der Waals surface area (Å²) in [4.78, 5) is 61.1. The van der Waals surface area contributed by atoms with E-state index in [0.29, 0.717) is 10.7 Å². The first-order valence-corrected chi connectivity index (χ1v) is 17.0. The summed E-state index contributed by atoms with van der Waals surface area (Å²) in [5.74, 6) is -3.03. The maximum Gasteiger partial charge on any atom is 0.352 e. The number of oxime groups is 1. The standard InChI is InChI=1S/C35H31N5O7S2/c1-21(41)47-18-22-19-48-32-28(31(43)40(32)29(22)33(44)45)37-30(42)27(39-46-2)26-20-49-34(36-26)38-35(23-12-6-3-7-13-23,24-14-8-4-9-15-24)25-16-10-5-11-17-25/h3-17,20,28,32H,18-19H2,1-2H3,(H,36,38)(H,37,42)(H,44,45)/b39-27-/t28?,32-/m1/s1. The molecule has 3 heterocycles. The molecule has 250 valence electrons. The lowest BCUT2D eigenvalue weighted by atomic mass is 9.77. The van der Waals surface area contributed by atoms with E-state index in [9.17, 15) is 24.3 Å². The number of anilines is 1. The van der Waals surface area contributed by atoms with Gasteiger partial charge in [0, 0.05) is 23.6 Å². The first-order chi connectivity index (χ1) is 23.7. The number of aliphatic carboxylic acids is 1. The van der Waals surface area contributed by atoms with Crippen LogP contribution in [0.5, 0.6) is 0 Å². The number of benzene rings is 3. The number of nitrogens with zero attached hydrogens (tertiary/aromatic N) is 3. The molecule has 49 heavy (non-hydrogen) atoms. The van der Waals surface area contributed by atoms with Gasteiger partial charge in [-0.1, -0.05) is 96.2 Å². The summed E-state index contributed by atoms with van der Waals surface area (Å²) >= 11 is 2.53. The minimum absolute atomic E-state index is 0.159. The van der Waals surface area contributed by atoms with Crippen molar-refractivity contribution in [1.29, 1.82) is 0 Å². The molecule has 14 heteroatoms. The topological polar surface area (TPSA) is 160 Å². The monoisotopic (exact) mass is 697 g/mol. The lowest BCUT2D eigenvalue weighted by Crippen LogP contribution is -2.71. The Balaban J connectivity index is 1.27. The van der Waals surface area contributed by atoms with E-state index in [1.165, 1.54) is 37.1 Å². The molecule has 6 rings (SSSR count). The fourth-order valence-electron chi connectivity index (χ4n) is 5.87. The number of carbonyl (C=O) groups is 4. The third-order valence-electron chi connectivity index (χ3n) is 8.05. The van der Waals surface area contributed by atoms with Crippen LogP contribution in [0.2, 0.25) is 0 Å². The molecule has 0 spiro atoms. The van der Waals surface area contributed by atoms with Crippen molar-refractivity contribution >= 4 is 57.7 Å². The normalized spacial score (nSPS) is 17.5. The predicted molar refractivity (Wildman–Crippen MR) is 185 cm³/mol. The quantitative estimate of drug-likeness (QED) is 0.0644. The number of hydrogen-bond acceptors (Lipinski definition) is 11. The lowest BCUT2D eigenvalue weighted by molar-refractivity contribution is -0.150. The number of carbonyl (C=O) groups excluding carboxylic acids is 3. The first kappa shape index (κ1) is 33.4. The number of carboxylic acids is 1. The first-order valence-electron chi connectivity index (χ1n) is 15.1. The smallest absolute Gasteiger partial charge is 0.352 e. The van der Waals surface area contributed by atoms with E-state index in [-0.39, 0.29) is 29.5 Å². The number of esters is 1. The van der Waals surface area contributed by atoms with Crippen LogP contribution in [0.4, 0.5) is 5.13 Å². The highest BCUT2D eigenvalue weighted by Crippen LogP contribution is 2.42. The molecule has 3 N–H and O–H groups in total. The van der Waals surface area contributed by atoms with Crippen molar-refractivity contribution in [1.82, 2.24) is 15.2 Å². The van der Waals surface area contributed by atoms with Crippen molar-refractivity contribution in [2.75, 3.05) is 24.8 Å². The van der Waals surface area contributed by atoms with Gasteiger partial charge in [-0.2, -0.15) is 0 Å². The van der Waals surface area contributed by atoms with E-state index in [1.54, 1.807) is 5.38 Å². The van der Waals surface area contributed by atoms with Crippen LogP contribution in [-0.2, 0) is 34.3 Å². The van der Waals surface area contributed by atoms with Gasteiger partial charge in [-0.25, -0.2) is 9.78 Å². The minimum Gasteiger partial charge on any atom is -0.477 e. The Hall–Kier alpha value is -5.47. The number of ether oxygens (including phenoxy) is 1. The van der Waals surface area contributed by atoms with Gasteiger partial charge in [-0.3, -0.25) is 19.3 Å². The van der Waals surface area contributed by atoms with Crippen molar-refractivity contribution in [3.63, 3.8) is 0 Å². The fourth-order valence-corrected chi connectivity index (χ4v) is 7.95. The van der Waals surface area contributed by atoms with Crippen molar-refractivity contribution in [2.24, 2.45) is 5.16 Å². The Bertz CT molecular complexity index is 1840. The van der Waals surface area contributed by atoms with Gasteiger partial charge in [-0.05, 0) is 16.7 Å². The molecule has 12 nitrogen and oxygen atoms in total. The zero-order valence-corrected chi connectivity index (χ0v) is 28.0. The number of thiazole rings is 1. The largest absolute Gasteiger partial charge is 0.477 e. The number of amides is 2. The summed E-state index contributed by atoms with van der Waals surface area (Å²) in [6.45, 7) is 0.968. The molecule has 0 bridgehead atoms. The molecule has 0 radical (unpaired) electrons. The van der Waals surface area contributed by atoms with Crippen LogP contribution in [0.25, 0.3) is 0 Å². The number of nitrogens with one attached hydrogen (secondary N) is 2. The van der Waals surface area contributed by atoms with Gasteiger partial charge in [0.2, 0.25) is 0 Å². The Labute approximate surface area is 289 Å². The van der Waals surface area contributed by atoms with Crippen LogP contribution >= 0.6 is 23.1 Å². The molecule has 2 amide bonds. The number of fused-ring (bicyclic) bond motifs is 1. The zero-order valence-electron chi connectivity index (χ0n) is 26.4. The summed E-state index contributed by atoms with van der Waals surface area (Å²) in [5.41, 5.74) is 2.15. The van der Waals surface area contributed by atoms with Crippen molar-refractivity contribution in [3.8, 4) is 0 Å². The average molecular weight is 698 g/mol. The Morgan fingerprint density at radius 1 is 0.980 bits per heavy atom. The molecule has 4 aromatic rings. The van der Waals surface area contributed by atoms with Crippen molar-refractivity contribution in [3.05, 3.63) is 130 Å². The molecule has 1 saturated heterocycles. The molecule has 2 aliphatic heterocycles. The number of aromatic nitrogens is 1. The molecule has 1 aromatic heterocycles. The van der Waals surface area contributed by atoms with E-state index >= 15 is 0 Å². The third-order valence-corrected chi connectivity index (χ3v) is 10.1. The van der Waals surface area contributed by atoms with E-state index in [0.717, 1.165) is 21.6 Å². The van der Waals surface area contributed by atoms with Crippen LogP contribution in [-0.4, -0.2) is 75.3 Å². The van der Waals surface area contributed by atoms with Gasteiger partial charge >= 0.3 is 11.9 Å². The van der Waals surface area contributed by atoms with Crippen LogP contribution in [0.3, 0.4) is 0 Å². The van der Waals surface area contributed by atoms with Crippen LogP contribution < -0.4 is 10.6 Å². The number of carboxylic acid groups (broad SMARTS) is 1. The van der Waals surface area contributed by atoms with E-state index in [4.69, 9.17) is 14.6 Å². The number of hydrogen-bond donors (Lipinski definition) is 3. The van der Waals surface area contributed by atoms with E-state index in [1.807, 2.05) is 91.0 Å². The molecule has 3 aromatic carbocycles. The van der Waals surface area contributed by atoms with Gasteiger partial charge < -0.3 is 25.3 Å². The second kappa shape index (κ2) is 14.3.